The Bertz CT molecular complexity index is 478. The number of hydrogen-bond acceptors (Lipinski definition) is 4. The Morgan fingerprint density at radius 3 is 2.35 bits per heavy atom. The average Bonchev–Trinajstić information content (AvgIpc) is 2.53. The zero-order valence-corrected chi connectivity index (χ0v) is 15.1. The van der Waals surface area contributed by atoms with Crippen molar-refractivity contribution in [1.29, 1.82) is 0 Å². The lowest BCUT2D eigenvalue weighted by molar-refractivity contribution is -0.216. The first-order chi connectivity index (χ1) is 11.1. The van der Waals surface area contributed by atoms with Crippen LogP contribution in [-0.2, 0) is 20.5 Å². The second-order valence-electron chi connectivity index (χ2n) is 5.52. The highest BCUT2D eigenvalue weighted by Gasteiger charge is 2.25. The summed E-state index contributed by atoms with van der Waals surface area (Å²) in [6.07, 6.45) is 9.39. The van der Waals surface area contributed by atoms with Gasteiger partial charge in [-0.1, -0.05) is 63.6 Å². The molecule has 132 valence electrons. The van der Waals surface area contributed by atoms with Crippen molar-refractivity contribution in [2.24, 2.45) is 0 Å². The van der Waals surface area contributed by atoms with Gasteiger partial charge in [-0.05, 0) is 31.4 Å². The van der Waals surface area contributed by atoms with Gasteiger partial charge in [0, 0.05) is 0 Å². The monoisotopic (exact) mass is 344 g/mol. The van der Waals surface area contributed by atoms with E-state index >= 15 is 0 Å². The average molecular weight is 344 g/mol. The maximum atomic E-state index is 11.8. The predicted molar refractivity (Wildman–Crippen MR) is 91.3 cm³/mol. The van der Waals surface area contributed by atoms with Gasteiger partial charge in [-0.3, -0.25) is 4.89 Å². The number of phosphoric ester groups is 1. The Labute approximate surface area is 139 Å². The molecule has 6 heteroatoms. The zero-order valence-electron chi connectivity index (χ0n) is 14.2. The molecule has 0 amide bonds. The van der Waals surface area contributed by atoms with Crippen LogP contribution in [0.3, 0.4) is 0 Å². The first kappa shape index (κ1) is 20.2. The highest BCUT2D eigenvalue weighted by atomic mass is 31.2. The highest BCUT2D eigenvalue weighted by Crippen LogP contribution is 2.45. The second kappa shape index (κ2) is 11.6. The first-order valence-corrected chi connectivity index (χ1v) is 10.00. The number of benzene rings is 1. The van der Waals surface area contributed by atoms with Crippen LogP contribution in [0.5, 0.6) is 5.75 Å². The van der Waals surface area contributed by atoms with E-state index in [1.807, 2.05) is 12.1 Å². The third kappa shape index (κ3) is 9.11. The Balaban J connectivity index is 2.43. The predicted octanol–water partition coefficient (Wildman–Crippen LogP) is 5.43. The van der Waals surface area contributed by atoms with Gasteiger partial charge in [0.2, 0.25) is 0 Å². The minimum Gasteiger partial charge on any atom is -0.402 e. The molecule has 0 bridgehead atoms. The third-order valence-corrected chi connectivity index (χ3v) is 4.22. The van der Waals surface area contributed by atoms with Crippen molar-refractivity contribution in [2.75, 3.05) is 6.61 Å². The molecule has 23 heavy (non-hydrogen) atoms. The van der Waals surface area contributed by atoms with E-state index in [1.165, 1.54) is 32.1 Å². The smallest absolute Gasteiger partial charge is 0.402 e. The highest BCUT2D eigenvalue weighted by molar-refractivity contribution is 7.47. The van der Waals surface area contributed by atoms with Gasteiger partial charge >= 0.3 is 7.82 Å². The summed E-state index contributed by atoms with van der Waals surface area (Å²) in [5, 5.41) is 0. The molecule has 0 aromatic heterocycles. The van der Waals surface area contributed by atoms with Crippen molar-refractivity contribution in [1.82, 2.24) is 0 Å². The van der Waals surface area contributed by atoms with Crippen LogP contribution in [0.25, 0.3) is 0 Å². The van der Waals surface area contributed by atoms with E-state index < -0.39 is 7.82 Å². The summed E-state index contributed by atoms with van der Waals surface area (Å²) in [6.45, 7) is 4.05. The molecule has 0 heterocycles. The SMILES string of the molecule is CCCCCCCCCc1ccccc1OP(=O)(O)OOCC. The fourth-order valence-electron chi connectivity index (χ4n) is 2.33. The number of para-hydroxylation sites is 1. The molecule has 1 rings (SSSR count). The summed E-state index contributed by atoms with van der Waals surface area (Å²) in [7, 11) is -4.24. The largest absolute Gasteiger partial charge is 0.555 e. The number of hydrogen-bond donors (Lipinski definition) is 1. The van der Waals surface area contributed by atoms with E-state index in [1.54, 1.807) is 19.1 Å². The molecule has 1 aromatic carbocycles. The van der Waals surface area contributed by atoms with E-state index in [4.69, 9.17) is 4.52 Å². The summed E-state index contributed by atoms with van der Waals surface area (Å²) in [5.41, 5.74) is 0.912. The van der Waals surface area contributed by atoms with E-state index in [0.29, 0.717) is 5.75 Å². The van der Waals surface area contributed by atoms with Crippen molar-refractivity contribution in [2.45, 2.75) is 65.2 Å². The standard InChI is InChI=1S/C17H29O5P/c1-3-5-6-7-8-9-10-13-16-14-11-12-15-17(16)21-23(18,19)22-20-4-2/h11-12,14-15H,3-10,13H2,1-2H3,(H,18,19). The van der Waals surface area contributed by atoms with Gasteiger partial charge in [0.15, 0.2) is 0 Å². The maximum Gasteiger partial charge on any atom is 0.555 e. The molecule has 0 aliphatic heterocycles. The molecule has 0 saturated carbocycles. The molecule has 1 unspecified atom stereocenters. The topological polar surface area (TPSA) is 65.0 Å². The number of rotatable bonds is 13. The second-order valence-corrected chi connectivity index (χ2v) is 6.79. The molecule has 1 aromatic rings. The van der Waals surface area contributed by atoms with Crippen LogP contribution < -0.4 is 4.52 Å². The summed E-state index contributed by atoms with van der Waals surface area (Å²) in [5.74, 6) is 0.379. The van der Waals surface area contributed by atoms with Crippen LogP contribution in [0, 0.1) is 0 Å². The molecular formula is C17H29O5P. The number of phosphoric acid groups is 1. The van der Waals surface area contributed by atoms with Gasteiger partial charge in [0.25, 0.3) is 0 Å². The van der Waals surface area contributed by atoms with Gasteiger partial charge in [0.05, 0.1) is 6.61 Å². The molecule has 0 radical (unpaired) electrons. The number of aryl methyl sites for hydroxylation is 1. The van der Waals surface area contributed by atoms with Crippen LogP contribution >= 0.6 is 7.82 Å². The van der Waals surface area contributed by atoms with Gasteiger partial charge in [0.1, 0.15) is 5.75 Å². The van der Waals surface area contributed by atoms with Crippen molar-refractivity contribution in [3.05, 3.63) is 29.8 Å². The van der Waals surface area contributed by atoms with Crippen molar-refractivity contribution in [3.63, 3.8) is 0 Å². The van der Waals surface area contributed by atoms with Gasteiger partial charge in [-0.2, -0.15) is 0 Å². The van der Waals surface area contributed by atoms with E-state index in [-0.39, 0.29) is 6.61 Å². The number of unbranched alkanes of at least 4 members (excludes halogenated alkanes) is 6. The molecule has 0 spiro atoms. The van der Waals surface area contributed by atoms with Crippen LogP contribution in [0.2, 0.25) is 0 Å². The van der Waals surface area contributed by atoms with Crippen LogP contribution in [-0.4, -0.2) is 11.5 Å². The summed E-state index contributed by atoms with van der Waals surface area (Å²) >= 11 is 0. The molecule has 1 N–H and O–H groups in total. The molecule has 5 nitrogen and oxygen atoms in total. The Hall–Kier alpha value is -0.870. The Morgan fingerprint density at radius 2 is 1.65 bits per heavy atom. The third-order valence-electron chi connectivity index (χ3n) is 3.50. The molecule has 0 fully saturated rings. The van der Waals surface area contributed by atoms with Gasteiger partial charge in [-0.15, -0.1) is 4.67 Å². The normalized spacial score (nSPS) is 13.7. The van der Waals surface area contributed by atoms with Gasteiger partial charge in [-0.25, -0.2) is 9.45 Å². The molecule has 0 aliphatic carbocycles. The minimum atomic E-state index is -4.24. The van der Waals surface area contributed by atoms with E-state index in [0.717, 1.165) is 24.8 Å². The lowest BCUT2D eigenvalue weighted by Gasteiger charge is -2.14. The lowest BCUT2D eigenvalue weighted by Crippen LogP contribution is -2.01. The fraction of sp³-hybridized carbons (Fsp3) is 0.647. The fourth-order valence-corrected chi connectivity index (χ4v) is 3.03. The first-order valence-electron chi connectivity index (χ1n) is 8.50. The summed E-state index contributed by atoms with van der Waals surface area (Å²) in [6, 6.07) is 7.25. The molecular weight excluding hydrogens is 315 g/mol. The van der Waals surface area contributed by atoms with Crippen molar-refractivity contribution in [3.8, 4) is 5.75 Å². The lowest BCUT2D eigenvalue weighted by atomic mass is 10.0. The quantitative estimate of drug-likeness (QED) is 0.224. The summed E-state index contributed by atoms with van der Waals surface area (Å²) < 4.78 is 21.3. The van der Waals surface area contributed by atoms with Crippen LogP contribution in [0.4, 0.5) is 0 Å². The molecule has 0 aliphatic rings. The summed E-state index contributed by atoms with van der Waals surface area (Å²) in [4.78, 5) is 14.1. The van der Waals surface area contributed by atoms with Gasteiger partial charge < -0.3 is 4.52 Å². The van der Waals surface area contributed by atoms with E-state index in [9.17, 15) is 9.46 Å². The Kier molecular flexibility index (Phi) is 10.2. The Morgan fingerprint density at radius 1 is 1.00 bits per heavy atom. The molecule has 1 atom stereocenters. The van der Waals surface area contributed by atoms with E-state index in [2.05, 4.69) is 16.5 Å². The van der Waals surface area contributed by atoms with Crippen molar-refractivity contribution < 1.29 is 23.5 Å². The van der Waals surface area contributed by atoms with Crippen LogP contribution in [0.1, 0.15) is 64.4 Å². The zero-order chi connectivity index (χ0) is 17.0. The minimum absolute atomic E-state index is 0.174. The molecule has 0 saturated heterocycles. The van der Waals surface area contributed by atoms with Crippen molar-refractivity contribution >= 4 is 7.82 Å². The maximum absolute atomic E-state index is 11.8. The van der Waals surface area contributed by atoms with Crippen LogP contribution in [0.15, 0.2) is 24.3 Å².